The second-order valence-electron chi connectivity index (χ2n) is 7.97. The maximum atomic E-state index is 13.7. The molecule has 0 N–H and O–H groups in total. The van der Waals surface area contributed by atoms with Gasteiger partial charge in [-0.3, -0.25) is 9.59 Å². The van der Waals surface area contributed by atoms with Crippen LogP contribution in [0.25, 0.3) is 10.2 Å². The van der Waals surface area contributed by atoms with Gasteiger partial charge >= 0.3 is 5.97 Å². The number of aromatic nitrogens is 1. The quantitative estimate of drug-likeness (QED) is 0.446. The lowest BCUT2D eigenvalue weighted by molar-refractivity contribution is -0.143. The number of nitrogens with zero attached hydrogens (tertiary/aromatic N) is 3. The molecule has 3 aromatic rings. The number of hydrogen-bond acceptors (Lipinski definition) is 6. The number of fused-ring (bicyclic) bond motifs is 1. The lowest BCUT2D eigenvalue weighted by atomic mass is 9.98. The Labute approximate surface area is 210 Å². The van der Waals surface area contributed by atoms with Crippen LogP contribution in [0.15, 0.2) is 52.4 Å². The van der Waals surface area contributed by atoms with Crippen LogP contribution >= 0.6 is 22.9 Å². The molecule has 1 amide bonds. The summed E-state index contributed by atoms with van der Waals surface area (Å²) >= 11 is 6.96. The zero-order valence-corrected chi connectivity index (χ0v) is 21.2. The summed E-state index contributed by atoms with van der Waals surface area (Å²) in [6.45, 7) is 2.09. The maximum absolute atomic E-state index is 13.7. The lowest BCUT2D eigenvalue weighted by Crippen LogP contribution is -2.40. The third-order valence-electron chi connectivity index (χ3n) is 5.70. The summed E-state index contributed by atoms with van der Waals surface area (Å²) in [7, 11) is -3.69. The molecule has 35 heavy (non-hydrogen) atoms. The first-order valence-electron chi connectivity index (χ1n) is 11.0. The van der Waals surface area contributed by atoms with Gasteiger partial charge in [0.15, 0.2) is 4.80 Å². The Morgan fingerprint density at radius 1 is 1.17 bits per heavy atom. The molecule has 2 heterocycles. The molecule has 8 nitrogen and oxygen atoms in total. The Balaban J connectivity index is 1.54. The molecule has 0 unspecified atom stereocenters. The molecule has 0 spiro atoms. The second kappa shape index (κ2) is 10.6. The Hall–Kier alpha value is -2.60. The van der Waals surface area contributed by atoms with Gasteiger partial charge in [0.2, 0.25) is 10.0 Å². The van der Waals surface area contributed by atoms with E-state index in [2.05, 4.69) is 4.99 Å². The molecule has 1 fully saturated rings. The van der Waals surface area contributed by atoms with Gasteiger partial charge in [-0.15, -0.1) is 0 Å². The molecule has 1 aliphatic rings. The van der Waals surface area contributed by atoms with Gasteiger partial charge in [0.1, 0.15) is 12.4 Å². The van der Waals surface area contributed by atoms with Gasteiger partial charge in [-0.1, -0.05) is 22.9 Å². The van der Waals surface area contributed by atoms with Gasteiger partial charge in [0, 0.05) is 24.0 Å². The van der Waals surface area contributed by atoms with Crippen LogP contribution in [0, 0.1) is 11.7 Å². The second-order valence-corrected chi connectivity index (χ2v) is 11.4. The van der Waals surface area contributed by atoms with Gasteiger partial charge in [0.05, 0.1) is 21.7 Å². The number of sulfonamides is 1. The van der Waals surface area contributed by atoms with E-state index in [-0.39, 0.29) is 35.9 Å². The highest BCUT2D eigenvalue weighted by molar-refractivity contribution is 7.89. The van der Waals surface area contributed by atoms with Gasteiger partial charge in [-0.2, -0.15) is 9.30 Å². The van der Waals surface area contributed by atoms with E-state index in [1.165, 1.54) is 51.3 Å². The zero-order chi connectivity index (χ0) is 25.2. The number of halogens is 2. The van der Waals surface area contributed by atoms with Gasteiger partial charge in [-0.05, 0) is 62.2 Å². The molecular formula is C23H23ClFN3O5S2. The summed E-state index contributed by atoms with van der Waals surface area (Å²) in [5.41, 5.74) is 0.569. The Morgan fingerprint density at radius 3 is 2.51 bits per heavy atom. The third kappa shape index (κ3) is 5.64. The summed E-state index contributed by atoms with van der Waals surface area (Å²) in [4.78, 5) is 29.8. The van der Waals surface area contributed by atoms with Gasteiger partial charge in [0.25, 0.3) is 5.91 Å². The van der Waals surface area contributed by atoms with E-state index in [0.717, 1.165) is 11.3 Å². The van der Waals surface area contributed by atoms with Crippen molar-refractivity contribution >= 4 is 55.1 Å². The molecule has 0 radical (unpaired) electrons. The summed E-state index contributed by atoms with van der Waals surface area (Å²) in [5, 5.41) is 0.444. The molecule has 12 heteroatoms. The van der Waals surface area contributed by atoms with Crippen molar-refractivity contribution in [3.8, 4) is 0 Å². The zero-order valence-electron chi connectivity index (χ0n) is 18.8. The molecule has 0 saturated carbocycles. The molecule has 2 aromatic carbocycles. The monoisotopic (exact) mass is 539 g/mol. The first-order chi connectivity index (χ1) is 16.7. The average molecular weight is 540 g/mol. The normalized spacial score (nSPS) is 16.0. The minimum absolute atomic E-state index is 0.147. The molecule has 186 valence electrons. The number of rotatable bonds is 6. The number of piperidine rings is 1. The molecular weight excluding hydrogens is 517 g/mol. The standard InChI is InChI=1S/C23H23ClFN3O5S2/c1-2-33-21(29)14-28-19-8-5-17(25)13-20(19)34-23(28)26-22(30)15-9-11-27(12-10-15)35(31,32)18-6-3-16(24)4-7-18/h3-8,13,15H,2,9-12,14H2,1H3. The fourth-order valence-corrected chi connectivity index (χ4v) is 6.56. The van der Waals surface area contributed by atoms with Crippen molar-refractivity contribution < 1.29 is 27.1 Å². The number of benzene rings is 2. The number of esters is 1. The van der Waals surface area contributed by atoms with Crippen molar-refractivity contribution in [2.45, 2.75) is 31.2 Å². The number of carbonyl (C=O) groups is 2. The summed E-state index contributed by atoms with van der Waals surface area (Å²) < 4.78 is 48.0. The highest BCUT2D eigenvalue weighted by Gasteiger charge is 2.32. The fraction of sp³-hybridized carbons (Fsp3) is 0.348. The molecule has 1 aromatic heterocycles. The van der Waals surface area contributed by atoms with Crippen molar-refractivity contribution in [1.82, 2.24) is 8.87 Å². The van der Waals surface area contributed by atoms with Crippen LogP contribution < -0.4 is 4.80 Å². The highest BCUT2D eigenvalue weighted by Crippen LogP contribution is 2.26. The Morgan fingerprint density at radius 2 is 1.86 bits per heavy atom. The Kier molecular flexibility index (Phi) is 7.70. The number of carbonyl (C=O) groups excluding carboxylic acids is 2. The minimum atomic E-state index is -3.69. The maximum Gasteiger partial charge on any atom is 0.326 e. The fourth-order valence-electron chi connectivity index (χ4n) is 3.91. The highest BCUT2D eigenvalue weighted by atomic mass is 35.5. The van der Waals surface area contributed by atoms with Crippen molar-refractivity contribution in [3.05, 3.63) is 58.1 Å². The van der Waals surface area contributed by atoms with Crippen LogP contribution in [-0.4, -0.2) is 48.9 Å². The van der Waals surface area contributed by atoms with Crippen molar-refractivity contribution in [2.24, 2.45) is 10.9 Å². The van der Waals surface area contributed by atoms with Crippen LogP contribution in [0.2, 0.25) is 5.02 Å². The van der Waals surface area contributed by atoms with Crippen molar-refractivity contribution in [1.29, 1.82) is 0 Å². The third-order valence-corrected chi connectivity index (χ3v) is 8.90. The van der Waals surface area contributed by atoms with E-state index in [1.54, 1.807) is 6.92 Å². The van der Waals surface area contributed by atoms with Crippen LogP contribution in [0.3, 0.4) is 0 Å². The molecule has 0 atom stereocenters. The van der Waals surface area contributed by atoms with Crippen LogP contribution in [0.5, 0.6) is 0 Å². The summed E-state index contributed by atoms with van der Waals surface area (Å²) in [6.07, 6.45) is 0.624. The van der Waals surface area contributed by atoms with Crippen molar-refractivity contribution in [3.63, 3.8) is 0 Å². The summed E-state index contributed by atoms with van der Waals surface area (Å²) in [5.74, 6) is -1.80. The largest absolute Gasteiger partial charge is 0.465 e. The SMILES string of the molecule is CCOC(=O)Cn1c(=NC(=O)C2CCN(S(=O)(=O)c3ccc(Cl)cc3)CC2)sc2cc(F)ccc21. The van der Waals surface area contributed by atoms with Gasteiger partial charge < -0.3 is 9.30 Å². The average Bonchev–Trinajstić information content (AvgIpc) is 3.15. The van der Waals surface area contributed by atoms with E-state index in [0.29, 0.717) is 28.1 Å². The summed E-state index contributed by atoms with van der Waals surface area (Å²) in [6, 6.07) is 10.1. The van der Waals surface area contributed by atoms with Gasteiger partial charge in [-0.25, -0.2) is 12.8 Å². The van der Waals surface area contributed by atoms with E-state index in [4.69, 9.17) is 16.3 Å². The molecule has 1 saturated heterocycles. The molecule has 1 aliphatic heterocycles. The number of hydrogen-bond donors (Lipinski definition) is 0. The van der Waals surface area contributed by atoms with Crippen LogP contribution in [0.1, 0.15) is 19.8 Å². The molecule has 0 aliphatic carbocycles. The molecule has 4 rings (SSSR count). The van der Waals surface area contributed by atoms with Crippen LogP contribution in [-0.2, 0) is 30.9 Å². The van der Waals surface area contributed by atoms with Crippen molar-refractivity contribution in [2.75, 3.05) is 19.7 Å². The predicted molar refractivity (Wildman–Crippen MR) is 130 cm³/mol. The topological polar surface area (TPSA) is 98.0 Å². The van der Waals surface area contributed by atoms with E-state index in [1.807, 2.05) is 0 Å². The minimum Gasteiger partial charge on any atom is -0.465 e. The number of ether oxygens (including phenoxy) is 1. The lowest BCUT2D eigenvalue weighted by Gasteiger charge is -2.29. The Bertz CT molecular complexity index is 1430. The first kappa shape index (κ1) is 25.5. The molecule has 0 bridgehead atoms. The van der Waals surface area contributed by atoms with Crippen LogP contribution in [0.4, 0.5) is 4.39 Å². The number of amides is 1. The first-order valence-corrected chi connectivity index (χ1v) is 13.6. The van der Waals surface area contributed by atoms with E-state index < -0.39 is 33.6 Å². The van der Waals surface area contributed by atoms with E-state index in [9.17, 15) is 22.4 Å². The van der Waals surface area contributed by atoms with E-state index >= 15 is 0 Å². The smallest absolute Gasteiger partial charge is 0.326 e. The predicted octanol–water partition coefficient (Wildman–Crippen LogP) is 3.59. The number of thiazole rings is 1.